The summed E-state index contributed by atoms with van der Waals surface area (Å²) in [5.74, 6) is 1.60. The van der Waals surface area contributed by atoms with E-state index < -0.39 is 0 Å². The third-order valence-electron chi connectivity index (χ3n) is 5.75. The molecule has 4 rings (SSSR count). The summed E-state index contributed by atoms with van der Waals surface area (Å²) >= 11 is 0. The number of morpholine rings is 1. The predicted molar refractivity (Wildman–Crippen MR) is 115 cm³/mol. The minimum absolute atomic E-state index is 0. The smallest absolute Gasteiger partial charge is 0.120 e. The van der Waals surface area contributed by atoms with Gasteiger partial charge in [0.25, 0.3) is 0 Å². The van der Waals surface area contributed by atoms with E-state index in [1.807, 2.05) is 24.3 Å². The second kappa shape index (κ2) is 10.8. The molecule has 1 saturated carbocycles. The van der Waals surface area contributed by atoms with Gasteiger partial charge in [-0.25, -0.2) is 0 Å². The van der Waals surface area contributed by atoms with E-state index in [1.54, 1.807) is 0 Å². The standard InChI is InChI=1S/C23H30N2O2.ClH/c1-2-6-18(7-3-1)16-27-20-9-4-8-19(14-20)15-25-22-11-5-10-21(22)23-17-26-13-12-24-23;/h1-4,6-9,14,21-25H,5,10-13,15-17H2;1H. The van der Waals surface area contributed by atoms with Crippen molar-refractivity contribution < 1.29 is 9.47 Å². The van der Waals surface area contributed by atoms with E-state index in [2.05, 4.69) is 41.0 Å². The minimum atomic E-state index is 0. The number of benzene rings is 2. The largest absolute Gasteiger partial charge is 0.489 e. The maximum absolute atomic E-state index is 5.97. The molecule has 0 bridgehead atoms. The number of nitrogens with one attached hydrogen (secondary N) is 2. The van der Waals surface area contributed by atoms with Crippen LogP contribution in [0.3, 0.4) is 0 Å². The van der Waals surface area contributed by atoms with E-state index in [-0.39, 0.29) is 12.4 Å². The number of hydrogen-bond acceptors (Lipinski definition) is 4. The molecule has 1 aliphatic heterocycles. The number of ether oxygens (including phenoxy) is 2. The zero-order chi connectivity index (χ0) is 18.3. The highest BCUT2D eigenvalue weighted by Crippen LogP contribution is 2.30. The van der Waals surface area contributed by atoms with Gasteiger partial charge < -0.3 is 20.1 Å². The van der Waals surface area contributed by atoms with Gasteiger partial charge in [0, 0.05) is 25.2 Å². The SMILES string of the molecule is Cl.c1ccc(COc2cccc(CNC3CCCC3C3COCCN3)c2)cc1. The Kier molecular flexibility index (Phi) is 8.16. The van der Waals surface area contributed by atoms with E-state index in [1.165, 1.54) is 30.4 Å². The molecule has 4 nitrogen and oxygen atoms in total. The fraction of sp³-hybridized carbons (Fsp3) is 0.478. The summed E-state index contributed by atoms with van der Waals surface area (Å²) in [5, 5.41) is 7.44. The van der Waals surface area contributed by atoms with Gasteiger partial charge in [-0.15, -0.1) is 12.4 Å². The number of hydrogen-bond donors (Lipinski definition) is 2. The molecule has 0 aromatic heterocycles. The average Bonchev–Trinajstić information content (AvgIpc) is 3.21. The van der Waals surface area contributed by atoms with Gasteiger partial charge in [-0.3, -0.25) is 0 Å². The van der Waals surface area contributed by atoms with Crippen molar-refractivity contribution >= 4 is 12.4 Å². The molecular formula is C23H31ClN2O2. The van der Waals surface area contributed by atoms with Crippen molar-refractivity contribution in [3.8, 4) is 5.75 Å². The van der Waals surface area contributed by atoms with Crippen molar-refractivity contribution in [2.45, 2.75) is 44.5 Å². The van der Waals surface area contributed by atoms with Crippen LogP contribution in [0, 0.1) is 5.92 Å². The Morgan fingerprint density at radius 3 is 2.71 bits per heavy atom. The third-order valence-corrected chi connectivity index (χ3v) is 5.75. The monoisotopic (exact) mass is 402 g/mol. The molecule has 2 aromatic rings. The lowest BCUT2D eigenvalue weighted by molar-refractivity contribution is 0.0524. The van der Waals surface area contributed by atoms with E-state index in [4.69, 9.17) is 9.47 Å². The van der Waals surface area contributed by atoms with Gasteiger partial charge in [0.1, 0.15) is 12.4 Å². The quantitative estimate of drug-likeness (QED) is 0.736. The van der Waals surface area contributed by atoms with Crippen molar-refractivity contribution in [1.29, 1.82) is 0 Å². The zero-order valence-electron chi connectivity index (χ0n) is 16.3. The predicted octanol–water partition coefficient (Wildman–Crippen LogP) is 3.93. The second-order valence-corrected chi connectivity index (χ2v) is 7.64. The van der Waals surface area contributed by atoms with E-state index >= 15 is 0 Å². The lowest BCUT2D eigenvalue weighted by Gasteiger charge is -2.33. The zero-order valence-corrected chi connectivity index (χ0v) is 17.1. The maximum atomic E-state index is 5.97. The van der Waals surface area contributed by atoms with Gasteiger partial charge in [-0.1, -0.05) is 48.9 Å². The van der Waals surface area contributed by atoms with Crippen molar-refractivity contribution in [3.63, 3.8) is 0 Å². The molecule has 28 heavy (non-hydrogen) atoms. The van der Waals surface area contributed by atoms with Gasteiger partial charge in [0.2, 0.25) is 0 Å². The van der Waals surface area contributed by atoms with Crippen LogP contribution >= 0.6 is 12.4 Å². The van der Waals surface area contributed by atoms with Gasteiger partial charge in [-0.2, -0.15) is 0 Å². The van der Waals surface area contributed by atoms with Crippen LogP contribution in [-0.4, -0.2) is 31.8 Å². The van der Waals surface area contributed by atoms with Crippen LogP contribution in [0.15, 0.2) is 54.6 Å². The molecule has 1 saturated heterocycles. The molecule has 3 unspecified atom stereocenters. The fourth-order valence-corrected chi connectivity index (χ4v) is 4.32. The van der Waals surface area contributed by atoms with Gasteiger partial charge >= 0.3 is 0 Å². The lowest BCUT2D eigenvalue weighted by Crippen LogP contribution is -2.50. The van der Waals surface area contributed by atoms with Crippen LogP contribution in [0.2, 0.25) is 0 Å². The fourth-order valence-electron chi connectivity index (χ4n) is 4.32. The number of rotatable bonds is 7. The van der Waals surface area contributed by atoms with Gasteiger partial charge in [0.15, 0.2) is 0 Å². The van der Waals surface area contributed by atoms with Gasteiger partial charge in [0.05, 0.1) is 13.2 Å². The highest BCUT2D eigenvalue weighted by molar-refractivity contribution is 5.85. The topological polar surface area (TPSA) is 42.5 Å². The summed E-state index contributed by atoms with van der Waals surface area (Å²) in [6.07, 6.45) is 3.85. The summed E-state index contributed by atoms with van der Waals surface area (Å²) in [7, 11) is 0. The summed E-state index contributed by atoms with van der Waals surface area (Å²) in [5.41, 5.74) is 2.47. The first-order chi connectivity index (χ1) is 13.4. The Morgan fingerprint density at radius 1 is 1.04 bits per heavy atom. The van der Waals surface area contributed by atoms with E-state index in [9.17, 15) is 0 Å². The van der Waals surface area contributed by atoms with Gasteiger partial charge in [-0.05, 0) is 42.0 Å². The van der Waals surface area contributed by atoms with Crippen molar-refractivity contribution in [2.75, 3.05) is 19.8 Å². The van der Waals surface area contributed by atoms with Crippen LogP contribution in [0.25, 0.3) is 0 Å². The molecule has 2 aliphatic rings. The lowest BCUT2D eigenvalue weighted by atomic mass is 9.94. The average molecular weight is 403 g/mol. The van der Waals surface area contributed by atoms with Crippen molar-refractivity contribution in [2.24, 2.45) is 5.92 Å². The molecule has 152 valence electrons. The Labute approximate surface area is 174 Å². The molecule has 1 heterocycles. The van der Waals surface area contributed by atoms with Crippen LogP contribution < -0.4 is 15.4 Å². The highest BCUT2D eigenvalue weighted by atomic mass is 35.5. The van der Waals surface area contributed by atoms with Crippen LogP contribution in [0.1, 0.15) is 30.4 Å². The Bertz CT molecular complexity index is 707. The van der Waals surface area contributed by atoms with E-state index in [0.29, 0.717) is 24.6 Å². The summed E-state index contributed by atoms with van der Waals surface area (Å²) < 4.78 is 11.6. The van der Waals surface area contributed by atoms with Crippen molar-refractivity contribution in [3.05, 3.63) is 65.7 Å². The van der Waals surface area contributed by atoms with Crippen molar-refractivity contribution in [1.82, 2.24) is 10.6 Å². The summed E-state index contributed by atoms with van der Waals surface area (Å²) in [6, 6.07) is 19.8. The number of halogens is 1. The third kappa shape index (κ3) is 5.71. The Morgan fingerprint density at radius 2 is 1.89 bits per heavy atom. The molecule has 1 aliphatic carbocycles. The van der Waals surface area contributed by atoms with Crippen LogP contribution in [-0.2, 0) is 17.9 Å². The normalized spacial score (nSPS) is 24.5. The first-order valence-electron chi connectivity index (χ1n) is 10.2. The molecule has 2 fully saturated rings. The maximum Gasteiger partial charge on any atom is 0.120 e. The molecule has 0 radical (unpaired) electrons. The van der Waals surface area contributed by atoms with Crippen LogP contribution in [0.4, 0.5) is 0 Å². The Balaban J connectivity index is 0.00000225. The molecule has 0 spiro atoms. The molecule has 5 heteroatoms. The molecule has 0 amide bonds. The first kappa shape index (κ1) is 21.1. The molecule has 2 aromatic carbocycles. The summed E-state index contributed by atoms with van der Waals surface area (Å²) in [6.45, 7) is 4.17. The Hall–Kier alpha value is -1.59. The molecule has 3 atom stereocenters. The molecular weight excluding hydrogens is 372 g/mol. The first-order valence-corrected chi connectivity index (χ1v) is 10.2. The minimum Gasteiger partial charge on any atom is -0.489 e. The van der Waals surface area contributed by atoms with E-state index in [0.717, 1.165) is 32.1 Å². The van der Waals surface area contributed by atoms with Crippen LogP contribution in [0.5, 0.6) is 5.75 Å². The highest BCUT2D eigenvalue weighted by Gasteiger charge is 2.34. The second-order valence-electron chi connectivity index (χ2n) is 7.64. The summed E-state index contributed by atoms with van der Waals surface area (Å²) in [4.78, 5) is 0. The molecule has 2 N–H and O–H groups in total.